The highest BCUT2D eigenvalue weighted by Gasteiger charge is 2.57. The first-order valence-corrected chi connectivity index (χ1v) is 9.49. The van der Waals surface area contributed by atoms with Gasteiger partial charge in [-0.2, -0.15) is 15.8 Å². The van der Waals surface area contributed by atoms with E-state index < -0.39 is 17.3 Å². The lowest BCUT2D eigenvalue weighted by molar-refractivity contribution is 0.229. The molecule has 0 unspecified atom stereocenters. The molecular formula is C22H23N5O2. The fourth-order valence-corrected chi connectivity index (χ4v) is 4.34. The number of hydrogen-bond acceptors (Lipinski definition) is 7. The summed E-state index contributed by atoms with van der Waals surface area (Å²) in [5, 5.41) is 41.6. The smallest absolute Gasteiger partial charge is 0.189 e. The molecule has 1 heterocycles. The fourth-order valence-electron chi connectivity index (χ4n) is 4.34. The second kappa shape index (κ2) is 7.95. The lowest BCUT2D eigenvalue weighted by Crippen LogP contribution is -2.52. The molecule has 3 rings (SSSR count). The molecule has 7 nitrogen and oxygen atoms in total. The molecule has 1 aromatic carbocycles. The Kier molecular flexibility index (Phi) is 5.59. The number of ether oxygens (including phenoxy) is 2. The van der Waals surface area contributed by atoms with E-state index in [1.807, 2.05) is 26.0 Å². The predicted octanol–water partition coefficient (Wildman–Crippen LogP) is 2.92. The molecule has 2 aliphatic rings. The molecule has 7 heteroatoms. The van der Waals surface area contributed by atoms with Crippen LogP contribution in [-0.4, -0.2) is 32.0 Å². The van der Waals surface area contributed by atoms with E-state index >= 15 is 0 Å². The number of nitrogens with zero attached hydrogens (tertiary/aromatic N) is 3. The second-order valence-electron chi connectivity index (χ2n) is 7.53. The highest BCUT2D eigenvalue weighted by molar-refractivity contribution is 6.00. The van der Waals surface area contributed by atoms with Crippen molar-refractivity contribution in [1.82, 2.24) is 5.32 Å². The van der Waals surface area contributed by atoms with Gasteiger partial charge in [-0.3, -0.25) is 0 Å². The second-order valence-corrected chi connectivity index (χ2v) is 7.53. The van der Waals surface area contributed by atoms with Crippen molar-refractivity contribution in [2.24, 2.45) is 17.3 Å². The first kappa shape index (κ1) is 20.4. The summed E-state index contributed by atoms with van der Waals surface area (Å²) in [5.41, 5.74) is -0.362. The Labute approximate surface area is 170 Å². The molecule has 1 fully saturated rings. The lowest BCUT2D eigenvalue weighted by Gasteiger charge is -2.45. The van der Waals surface area contributed by atoms with Crippen LogP contribution in [0.4, 0.5) is 0 Å². The van der Waals surface area contributed by atoms with Crippen molar-refractivity contribution in [2.45, 2.75) is 25.9 Å². The van der Waals surface area contributed by atoms with Crippen LogP contribution in [0.25, 0.3) is 0 Å². The van der Waals surface area contributed by atoms with E-state index in [4.69, 9.17) is 14.9 Å². The van der Waals surface area contributed by atoms with Crippen molar-refractivity contribution in [2.75, 3.05) is 20.2 Å². The molecule has 0 aromatic heterocycles. The topological polar surface area (TPSA) is 126 Å². The number of benzene rings is 1. The molecule has 1 aliphatic heterocycles. The summed E-state index contributed by atoms with van der Waals surface area (Å²) in [6, 6.07) is 11.7. The van der Waals surface area contributed by atoms with E-state index in [9.17, 15) is 15.8 Å². The van der Waals surface area contributed by atoms with Crippen molar-refractivity contribution >= 4 is 5.71 Å². The number of nitrogens with one attached hydrogen (secondary N) is 2. The number of methoxy groups -OCH3 is 1. The molecule has 3 atom stereocenters. The predicted molar refractivity (Wildman–Crippen MR) is 106 cm³/mol. The average molecular weight is 389 g/mol. The summed E-state index contributed by atoms with van der Waals surface area (Å²) >= 11 is 0. The van der Waals surface area contributed by atoms with E-state index in [-0.39, 0.29) is 17.7 Å². The van der Waals surface area contributed by atoms with Gasteiger partial charge in [0.15, 0.2) is 16.9 Å². The van der Waals surface area contributed by atoms with Gasteiger partial charge < -0.3 is 20.2 Å². The standard InChI is InChI=1S/C22H23N5O2/c1-13(2)29-18-5-4-14(8-19(18)28-3)20-17-10-27-7-6-15(17)16(9-23)21(26)22(20,11-24)12-25/h4-6,8,13,16-17,20,26-27H,7,10H2,1-3H3/t16-,17-,20-/m1/s1. The van der Waals surface area contributed by atoms with Crippen LogP contribution in [0.5, 0.6) is 11.5 Å². The number of hydrogen-bond donors (Lipinski definition) is 2. The van der Waals surface area contributed by atoms with Crippen molar-refractivity contribution in [3.8, 4) is 29.7 Å². The highest BCUT2D eigenvalue weighted by Crippen LogP contribution is 2.53. The first-order valence-electron chi connectivity index (χ1n) is 9.49. The van der Waals surface area contributed by atoms with Crippen molar-refractivity contribution in [3.63, 3.8) is 0 Å². The lowest BCUT2D eigenvalue weighted by atomic mass is 9.54. The molecule has 0 radical (unpaired) electrons. The van der Waals surface area contributed by atoms with E-state index in [0.29, 0.717) is 30.2 Å². The van der Waals surface area contributed by atoms with Gasteiger partial charge in [-0.25, -0.2) is 0 Å². The quantitative estimate of drug-likeness (QED) is 0.763. The first-order chi connectivity index (χ1) is 13.9. The van der Waals surface area contributed by atoms with Crippen molar-refractivity contribution in [3.05, 3.63) is 35.4 Å². The zero-order valence-electron chi connectivity index (χ0n) is 16.7. The maximum absolute atomic E-state index is 10.0. The summed E-state index contributed by atoms with van der Waals surface area (Å²) in [5.74, 6) is -0.629. The van der Waals surface area contributed by atoms with Crippen LogP contribution in [0.15, 0.2) is 29.8 Å². The van der Waals surface area contributed by atoms with Crippen LogP contribution in [0.3, 0.4) is 0 Å². The molecule has 148 valence electrons. The Morgan fingerprint density at radius 2 is 1.93 bits per heavy atom. The maximum atomic E-state index is 10.0. The molecule has 1 saturated carbocycles. The van der Waals surface area contributed by atoms with Gasteiger partial charge in [0.1, 0.15) is 5.92 Å². The van der Waals surface area contributed by atoms with Gasteiger partial charge in [-0.15, -0.1) is 0 Å². The van der Waals surface area contributed by atoms with Crippen LogP contribution < -0.4 is 14.8 Å². The third-order valence-electron chi connectivity index (χ3n) is 5.58. The molecule has 1 aromatic rings. The van der Waals surface area contributed by atoms with Gasteiger partial charge in [0.2, 0.25) is 0 Å². The number of fused-ring (bicyclic) bond motifs is 1. The van der Waals surface area contributed by atoms with Crippen molar-refractivity contribution < 1.29 is 9.47 Å². The van der Waals surface area contributed by atoms with E-state index in [0.717, 1.165) is 5.57 Å². The largest absolute Gasteiger partial charge is 0.493 e. The van der Waals surface area contributed by atoms with Gasteiger partial charge >= 0.3 is 0 Å². The van der Waals surface area contributed by atoms with Gasteiger partial charge in [-0.1, -0.05) is 12.1 Å². The Morgan fingerprint density at radius 3 is 2.52 bits per heavy atom. The SMILES string of the molecule is COc1cc([C@@H]2[C@@H]3CNCC=C3[C@@H](C#N)C(=N)C2(C#N)C#N)ccc1OC(C)C. The number of rotatable bonds is 4. The minimum absolute atomic E-state index is 0.0385. The van der Waals surface area contributed by atoms with Gasteiger partial charge in [-0.05, 0) is 37.1 Å². The average Bonchev–Trinajstić information content (AvgIpc) is 2.73. The van der Waals surface area contributed by atoms with Crippen LogP contribution in [0, 0.1) is 56.7 Å². The van der Waals surface area contributed by atoms with Gasteiger partial charge in [0.05, 0.1) is 37.1 Å². The molecule has 1 aliphatic carbocycles. The zero-order chi connectivity index (χ0) is 21.2. The maximum Gasteiger partial charge on any atom is 0.189 e. The fraction of sp³-hybridized carbons (Fsp3) is 0.455. The van der Waals surface area contributed by atoms with Crippen LogP contribution >= 0.6 is 0 Å². The third kappa shape index (κ3) is 3.23. The minimum atomic E-state index is -1.73. The van der Waals surface area contributed by atoms with E-state index in [1.54, 1.807) is 12.1 Å². The summed E-state index contributed by atoms with van der Waals surface area (Å²) in [6.45, 7) is 4.96. The molecule has 0 amide bonds. The van der Waals surface area contributed by atoms with Crippen LogP contribution in [0.1, 0.15) is 25.3 Å². The monoisotopic (exact) mass is 389 g/mol. The normalized spacial score (nSPS) is 25.1. The molecule has 0 spiro atoms. The molecular weight excluding hydrogens is 366 g/mol. The van der Waals surface area contributed by atoms with E-state index in [2.05, 4.69) is 23.5 Å². The summed E-state index contributed by atoms with van der Waals surface area (Å²) in [4.78, 5) is 0. The molecule has 0 bridgehead atoms. The van der Waals surface area contributed by atoms with E-state index in [1.165, 1.54) is 7.11 Å². The Morgan fingerprint density at radius 1 is 1.21 bits per heavy atom. The molecule has 2 N–H and O–H groups in total. The molecule has 0 saturated heterocycles. The summed E-state index contributed by atoms with van der Waals surface area (Å²) < 4.78 is 11.3. The Bertz CT molecular complexity index is 962. The summed E-state index contributed by atoms with van der Waals surface area (Å²) in [6.07, 6.45) is 1.87. The Hall–Kier alpha value is -3.34. The molecule has 29 heavy (non-hydrogen) atoms. The summed E-state index contributed by atoms with van der Waals surface area (Å²) in [7, 11) is 1.54. The Balaban J connectivity index is 2.20. The van der Waals surface area contributed by atoms with Crippen LogP contribution in [0.2, 0.25) is 0 Å². The van der Waals surface area contributed by atoms with Gasteiger partial charge in [0, 0.05) is 24.9 Å². The highest BCUT2D eigenvalue weighted by atomic mass is 16.5. The van der Waals surface area contributed by atoms with Gasteiger partial charge in [0.25, 0.3) is 0 Å². The zero-order valence-corrected chi connectivity index (χ0v) is 16.7. The van der Waals surface area contributed by atoms with Crippen LogP contribution in [-0.2, 0) is 0 Å². The third-order valence-corrected chi connectivity index (χ3v) is 5.58. The number of nitriles is 3. The van der Waals surface area contributed by atoms with Crippen molar-refractivity contribution in [1.29, 1.82) is 21.2 Å². The minimum Gasteiger partial charge on any atom is -0.493 e.